The summed E-state index contributed by atoms with van der Waals surface area (Å²) in [4.78, 5) is 32.1. The molecule has 6 rings (SSSR count). The van der Waals surface area contributed by atoms with Crippen LogP contribution in [0.15, 0.2) is 52.1 Å². The van der Waals surface area contributed by atoms with E-state index in [1.165, 1.54) is 15.7 Å². The maximum Gasteiger partial charge on any atom is 0.328 e. The predicted octanol–water partition coefficient (Wildman–Crippen LogP) is 2.89. The van der Waals surface area contributed by atoms with Crippen molar-refractivity contribution in [3.05, 3.63) is 74.4 Å². The summed E-state index contributed by atoms with van der Waals surface area (Å²) in [5.74, 6) is 1.83. The highest BCUT2D eigenvalue weighted by Gasteiger charge is 2.41. The number of para-hydroxylation sites is 1. The monoisotopic (exact) mass is 430 g/mol. The number of benzene rings is 2. The molecule has 164 valence electrons. The zero-order valence-corrected chi connectivity index (χ0v) is 18.0. The van der Waals surface area contributed by atoms with Crippen LogP contribution in [0.5, 0.6) is 5.75 Å². The van der Waals surface area contributed by atoms with Gasteiger partial charge in [0.2, 0.25) is 0 Å². The van der Waals surface area contributed by atoms with E-state index in [0.717, 1.165) is 36.0 Å². The van der Waals surface area contributed by atoms with E-state index in [-0.39, 0.29) is 17.3 Å². The number of methoxy groups -OCH3 is 1. The maximum atomic E-state index is 13.2. The number of aromatic nitrogens is 3. The molecule has 1 saturated heterocycles. The van der Waals surface area contributed by atoms with Gasteiger partial charge in [-0.1, -0.05) is 30.3 Å². The Labute approximate surface area is 184 Å². The first-order valence-electron chi connectivity index (χ1n) is 11.3. The zero-order valence-electron chi connectivity index (χ0n) is 18.0. The molecule has 7 heteroatoms. The Morgan fingerprint density at radius 3 is 2.81 bits per heavy atom. The molecule has 7 nitrogen and oxygen atoms in total. The van der Waals surface area contributed by atoms with Gasteiger partial charge in [-0.25, -0.2) is 4.79 Å². The smallest absolute Gasteiger partial charge is 0.328 e. The Morgan fingerprint density at radius 1 is 1.06 bits per heavy atom. The summed E-state index contributed by atoms with van der Waals surface area (Å²) in [5, 5.41) is 4.52. The molecule has 3 heterocycles. The summed E-state index contributed by atoms with van der Waals surface area (Å²) < 4.78 is 7.04. The van der Waals surface area contributed by atoms with E-state index < -0.39 is 0 Å². The number of H-pyrrole nitrogens is 2. The van der Waals surface area contributed by atoms with Crippen LogP contribution >= 0.6 is 0 Å². The van der Waals surface area contributed by atoms with Gasteiger partial charge >= 0.3 is 5.69 Å². The van der Waals surface area contributed by atoms with Gasteiger partial charge in [0.15, 0.2) is 0 Å². The van der Waals surface area contributed by atoms with Gasteiger partial charge in [0, 0.05) is 35.0 Å². The average molecular weight is 431 g/mol. The minimum Gasteiger partial charge on any atom is -0.496 e. The summed E-state index contributed by atoms with van der Waals surface area (Å²) >= 11 is 0. The van der Waals surface area contributed by atoms with Gasteiger partial charge in [0.05, 0.1) is 12.6 Å². The lowest BCUT2D eigenvalue weighted by atomic mass is 9.73. The second kappa shape index (κ2) is 7.38. The van der Waals surface area contributed by atoms with E-state index in [0.29, 0.717) is 35.8 Å². The fourth-order valence-corrected chi connectivity index (χ4v) is 5.90. The first-order valence-corrected chi connectivity index (χ1v) is 11.3. The van der Waals surface area contributed by atoms with Gasteiger partial charge in [-0.3, -0.25) is 9.36 Å². The summed E-state index contributed by atoms with van der Waals surface area (Å²) in [7, 11) is 1.73. The van der Waals surface area contributed by atoms with Crippen LogP contribution < -0.4 is 21.3 Å². The molecule has 32 heavy (non-hydrogen) atoms. The van der Waals surface area contributed by atoms with E-state index in [1.54, 1.807) is 7.11 Å². The van der Waals surface area contributed by atoms with Crippen LogP contribution in [0.3, 0.4) is 0 Å². The molecular formula is C25H26N4O3. The fourth-order valence-electron chi connectivity index (χ4n) is 5.90. The number of hydrogen-bond donors (Lipinski definition) is 3. The Balaban J connectivity index is 1.34. The molecular weight excluding hydrogens is 404 g/mol. The lowest BCUT2D eigenvalue weighted by molar-refractivity contribution is 0.358. The molecule has 0 amide bonds. The minimum absolute atomic E-state index is 0.195. The summed E-state index contributed by atoms with van der Waals surface area (Å²) in [6.45, 7) is 1.32. The molecule has 1 aliphatic carbocycles. The van der Waals surface area contributed by atoms with Crippen molar-refractivity contribution in [1.82, 2.24) is 19.9 Å². The lowest BCUT2D eigenvalue weighted by Crippen LogP contribution is -2.38. The van der Waals surface area contributed by atoms with Crippen LogP contribution in [-0.2, 0) is 13.0 Å². The molecule has 1 fully saturated rings. The number of hydrogen-bond acceptors (Lipinski definition) is 4. The van der Waals surface area contributed by atoms with Gasteiger partial charge in [0.1, 0.15) is 11.3 Å². The molecule has 2 aromatic heterocycles. The Morgan fingerprint density at radius 2 is 1.94 bits per heavy atom. The summed E-state index contributed by atoms with van der Waals surface area (Å²) in [6.07, 6.45) is 2.92. The highest BCUT2D eigenvalue weighted by atomic mass is 16.5. The summed E-state index contributed by atoms with van der Waals surface area (Å²) in [5.41, 5.74) is 3.91. The molecule has 0 radical (unpaired) electrons. The van der Waals surface area contributed by atoms with E-state index in [1.807, 2.05) is 30.3 Å². The van der Waals surface area contributed by atoms with E-state index in [2.05, 4.69) is 27.4 Å². The number of aromatic amines is 2. The molecule has 2 aromatic carbocycles. The van der Waals surface area contributed by atoms with E-state index in [4.69, 9.17) is 4.74 Å². The standard InChI is InChI=1S/C25H26N4O3/c1-32-19-8-4-5-14-9-10-15-13-26-18(20(15)21(14)19)11-12-29-24(30)23-22(28-25(29)31)16-6-2-3-7-17(16)27-23/h2-8,15,18,20,26-27H,9-13H2,1H3,(H,28,31)/t15-,18?,20-/m0/s1. The number of nitrogens with one attached hydrogen (secondary N) is 3. The van der Waals surface area contributed by atoms with Crippen molar-refractivity contribution in [1.29, 1.82) is 0 Å². The van der Waals surface area contributed by atoms with Crippen LogP contribution in [-0.4, -0.2) is 34.2 Å². The van der Waals surface area contributed by atoms with Crippen LogP contribution in [0.2, 0.25) is 0 Å². The molecule has 0 spiro atoms. The lowest BCUT2D eigenvalue weighted by Gasteiger charge is -2.32. The predicted molar refractivity (Wildman–Crippen MR) is 125 cm³/mol. The quantitative estimate of drug-likeness (QED) is 0.464. The number of nitrogens with zero attached hydrogens (tertiary/aromatic N) is 1. The largest absolute Gasteiger partial charge is 0.496 e. The van der Waals surface area contributed by atoms with Crippen molar-refractivity contribution >= 4 is 21.9 Å². The first kappa shape index (κ1) is 19.4. The Hall–Kier alpha value is -3.32. The minimum atomic E-state index is -0.358. The van der Waals surface area contributed by atoms with Crippen molar-refractivity contribution in [2.24, 2.45) is 5.92 Å². The van der Waals surface area contributed by atoms with Gasteiger partial charge in [0.25, 0.3) is 5.56 Å². The second-order valence-electron chi connectivity index (χ2n) is 8.97. The number of ether oxygens (including phenoxy) is 1. The van der Waals surface area contributed by atoms with Crippen molar-refractivity contribution in [2.75, 3.05) is 13.7 Å². The summed E-state index contributed by atoms with van der Waals surface area (Å²) in [6, 6.07) is 14.1. The van der Waals surface area contributed by atoms with Crippen molar-refractivity contribution in [2.45, 2.75) is 37.8 Å². The third kappa shape index (κ3) is 2.84. The highest BCUT2D eigenvalue weighted by molar-refractivity contribution is 6.04. The van der Waals surface area contributed by atoms with Crippen LogP contribution in [0.4, 0.5) is 0 Å². The fraction of sp³-hybridized carbons (Fsp3) is 0.360. The normalized spacial score (nSPS) is 22.2. The Kier molecular flexibility index (Phi) is 4.47. The molecule has 3 N–H and O–H groups in total. The van der Waals surface area contributed by atoms with Gasteiger partial charge in [-0.15, -0.1) is 0 Å². The molecule has 2 aliphatic rings. The number of rotatable bonds is 4. The average Bonchev–Trinajstić information content (AvgIpc) is 3.40. The molecule has 0 saturated carbocycles. The van der Waals surface area contributed by atoms with Crippen LogP contribution in [0, 0.1) is 5.92 Å². The SMILES string of the molecule is COc1cccc2c1[C@@H]1C(CCn3c(=O)[nH]c4c([nH]c5ccccc54)c3=O)NC[C@@H]1CC2. The Bertz CT molecular complexity index is 1430. The third-order valence-electron chi connectivity index (χ3n) is 7.38. The second-order valence-corrected chi connectivity index (χ2v) is 8.97. The zero-order chi connectivity index (χ0) is 21.8. The maximum absolute atomic E-state index is 13.2. The molecule has 4 aromatic rings. The van der Waals surface area contributed by atoms with Crippen molar-refractivity contribution < 1.29 is 4.74 Å². The third-order valence-corrected chi connectivity index (χ3v) is 7.38. The first-order chi connectivity index (χ1) is 15.7. The van der Waals surface area contributed by atoms with E-state index in [9.17, 15) is 9.59 Å². The molecule has 1 aliphatic heterocycles. The number of fused-ring (bicyclic) bond motifs is 6. The molecule has 3 atom stereocenters. The van der Waals surface area contributed by atoms with Crippen molar-refractivity contribution in [3.63, 3.8) is 0 Å². The molecule has 0 bridgehead atoms. The van der Waals surface area contributed by atoms with Gasteiger partial charge in [-0.2, -0.15) is 0 Å². The van der Waals surface area contributed by atoms with Crippen LogP contribution in [0.1, 0.15) is 29.9 Å². The highest BCUT2D eigenvalue weighted by Crippen LogP contribution is 2.46. The van der Waals surface area contributed by atoms with Gasteiger partial charge < -0.3 is 20.0 Å². The number of aryl methyl sites for hydroxylation is 1. The molecule has 1 unspecified atom stereocenters. The topological polar surface area (TPSA) is 91.9 Å². The van der Waals surface area contributed by atoms with E-state index >= 15 is 0 Å². The van der Waals surface area contributed by atoms with Crippen LogP contribution in [0.25, 0.3) is 21.9 Å². The van der Waals surface area contributed by atoms with Crippen molar-refractivity contribution in [3.8, 4) is 5.75 Å². The van der Waals surface area contributed by atoms with Gasteiger partial charge in [-0.05, 0) is 49.4 Å².